The van der Waals surface area contributed by atoms with Crippen LogP contribution in [0.25, 0.3) is 0 Å². The summed E-state index contributed by atoms with van der Waals surface area (Å²) in [6, 6.07) is 0. The van der Waals surface area contributed by atoms with E-state index in [0.29, 0.717) is 5.25 Å². The molecule has 0 bridgehead atoms. The van der Waals surface area contributed by atoms with Crippen LogP contribution in [0.3, 0.4) is 0 Å². The highest BCUT2D eigenvalue weighted by Crippen LogP contribution is 2.30. The van der Waals surface area contributed by atoms with Crippen LogP contribution >= 0.6 is 11.8 Å². The van der Waals surface area contributed by atoms with Gasteiger partial charge in [0.1, 0.15) is 0 Å². The van der Waals surface area contributed by atoms with E-state index in [1.54, 1.807) is 0 Å². The maximum atomic E-state index is 4.12. The normalized spacial score (nSPS) is 16.3. The van der Waals surface area contributed by atoms with E-state index in [9.17, 15) is 0 Å². The van der Waals surface area contributed by atoms with Crippen LogP contribution in [0.1, 0.15) is 33.1 Å². The number of hydrogen-bond donors (Lipinski definition) is 0. The Balaban J connectivity index is 2.38. The fourth-order valence-electron chi connectivity index (χ4n) is 1.47. The molecule has 0 amide bonds. The zero-order valence-electron chi connectivity index (χ0n) is 9.75. The van der Waals surface area contributed by atoms with Gasteiger partial charge in [-0.25, -0.2) is 0 Å². The van der Waals surface area contributed by atoms with Gasteiger partial charge in [0.25, 0.3) is 0 Å². The Morgan fingerprint density at radius 1 is 1.53 bits per heavy atom. The maximum Gasteiger partial charge on any atom is 0.00601 e. The first-order valence-corrected chi connectivity index (χ1v) is 6.40. The highest BCUT2D eigenvalue weighted by atomic mass is 32.2. The molecule has 0 saturated heterocycles. The lowest BCUT2D eigenvalue weighted by Gasteiger charge is -2.12. The van der Waals surface area contributed by atoms with Crippen molar-refractivity contribution in [3.63, 3.8) is 0 Å². The van der Waals surface area contributed by atoms with Crippen molar-refractivity contribution in [2.45, 2.75) is 38.4 Å². The highest BCUT2D eigenvalue weighted by molar-refractivity contribution is 8.03. The summed E-state index contributed by atoms with van der Waals surface area (Å²) in [6.45, 7) is 12.7. The SMILES string of the molecule is C=C(CC(=C)C1=CCC=C1)S[C@H](C)CC. The number of rotatable bonds is 6. The summed E-state index contributed by atoms with van der Waals surface area (Å²) in [4.78, 5) is 1.23. The summed E-state index contributed by atoms with van der Waals surface area (Å²) in [5.74, 6) is 0. The molecule has 0 fully saturated rings. The van der Waals surface area contributed by atoms with Gasteiger partial charge in [0.15, 0.2) is 0 Å². The lowest BCUT2D eigenvalue weighted by atomic mass is 10.1. The molecule has 0 aromatic heterocycles. The summed E-state index contributed by atoms with van der Waals surface area (Å²) in [7, 11) is 0. The summed E-state index contributed by atoms with van der Waals surface area (Å²) >= 11 is 1.88. The third kappa shape index (κ3) is 4.13. The third-order valence-electron chi connectivity index (χ3n) is 2.53. The molecule has 1 aliphatic rings. The number of allylic oxidation sites excluding steroid dienone is 6. The Morgan fingerprint density at radius 2 is 2.27 bits per heavy atom. The van der Waals surface area contributed by atoms with E-state index in [-0.39, 0.29) is 0 Å². The fraction of sp³-hybridized carbons (Fsp3) is 0.429. The summed E-state index contributed by atoms with van der Waals surface area (Å²) < 4.78 is 0. The van der Waals surface area contributed by atoms with Crippen molar-refractivity contribution in [2.24, 2.45) is 0 Å². The summed E-state index contributed by atoms with van der Waals surface area (Å²) in [5.41, 5.74) is 2.49. The van der Waals surface area contributed by atoms with E-state index in [4.69, 9.17) is 0 Å². The maximum absolute atomic E-state index is 4.12. The molecule has 0 heterocycles. The van der Waals surface area contributed by atoms with Crippen molar-refractivity contribution in [3.05, 3.63) is 47.4 Å². The van der Waals surface area contributed by atoms with Crippen LogP contribution in [0.5, 0.6) is 0 Å². The third-order valence-corrected chi connectivity index (χ3v) is 3.75. The molecule has 1 aliphatic carbocycles. The molecule has 1 heteroatoms. The standard InChI is InChI=1S/C14H20S/c1-5-12(3)15-13(4)10-11(2)14-8-6-7-9-14/h6,8-9,12H,2,4-5,7,10H2,1,3H3/t12-/m1/s1. The number of hydrogen-bond acceptors (Lipinski definition) is 1. The molecule has 0 aliphatic heterocycles. The Labute approximate surface area is 97.8 Å². The molecule has 1 atom stereocenters. The Hall–Kier alpha value is -0.690. The minimum absolute atomic E-state index is 0.665. The van der Waals surface area contributed by atoms with Crippen LogP contribution in [-0.2, 0) is 0 Å². The lowest BCUT2D eigenvalue weighted by Crippen LogP contribution is -1.94. The second-order valence-electron chi connectivity index (χ2n) is 3.95. The smallest absolute Gasteiger partial charge is 0.00601 e. The van der Waals surface area contributed by atoms with Crippen molar-refractivity contribution >= 4 is 11.8 Å². The molecular formula is C14H20S. The van der Waals surface area contributed by atoms with Crippen molar-refractivity contribution in [2.75, 3.05) is 0 Å². The van der Waals surface area contributed by atoms with Crippen LogP contribution in [0.4, 0.5) is 0 Å². The monoisotopic (exact) mass is 220 g/mol. The van der Waals surface area contributed by atoms with Crippen LogP contribution in [0, 0.1) is 0 Å². The lowest BCUT2D eigenvalue weighted by molar-refractivity contribution is 0.908. The van der Waals surface area contributed by atoms with Gasteiger partial charge in [-0.2, -0.15) is 0 Å². The predicted octanol–water partition coefficient (Wildman–Crippen LogP) is 4.86. The molecule has 0 unspecified atom stereocenters. The van der Waals surface area contributed by atoms with E-state index in [0.717, 1.165) is 12.8 Å². The minimum Gasteiger partial charge on any atom is -0.128 e. The quantitative estimate of drug-likeness (QED) is 0.615. The second kappa shape index (κ2) is 6.02. The average Bonchev–Trinajstić information content (AvgIpc) is 2.70. The Bertz CT molecular complexity index is 307. The molecule has 15 heavy (non-hydrogen) atoms. The van der Waals surface area contributed by atoms with E-state index in [2.05, 4.69) is 45.2 Å². The van der Waals surface area contributed by atoms with Gasteiger partial charge < -0.3 is 0 Å². The van der Waals surface area contributed by atoms with Crippen LogP contribution in [0.15, 0.2) is 47.4 Å². The first-order valence-electron chi connectivity index (χ1n) is 5.52. The highest BCUT2D eigenvalue weighted by Gasteiger charge is 2.07. The van der Waals surface area contributed by atoms with Gasteiger partial charge in [0.2, 0.25) is 0 Å². The first-order chi connectivity index (χ1) is 7.13. The predicted molar refractivity (Wildman–Crippen MR) is 72.1 cm³/mol. The molecular weight excluding hydrogens is 200 g/mol. The fourth-order valence-corrected chi connectivity index (χ4v) is 2.46. The topological polar surface area (TPSA) is 0 Å². The van der Waals surface area contributed by atoms with E-state index >= 15 is 0 Å². The summed E-state index contributed by atoms with van der Waals surface area (Å²) in [5, 5.41) is 0.665. The van der Waals surface area contributed by atoms with Crippen molar-refractivity contribution in [1.29, 1.82) is 0 Å². The van der Waals surface area contributed by atoms with Crippen molar-refractivity contribution < 1.29 is 0 Å². The van der Waals surface area contributed by atoms with E-state index in [1.165, 1.54) is 22.5 Å². The Kier molecular flexibility index (Phi) is 4.97. The van der Waals surface area contributed by atoms with Gasteiger partial charge in [-0.1, -0.05) is 45.2 Å². The molecule has 0 radical (unpaired) electrons. The largest absolute Gasteiger partial charge is 0.128 e. The average molecular weight is 220 g/mol. The van der Waals surface area contributed by atoms with Gasteiger partial charge in [-0.05, 0) is 28.9 Å². The molecule has 0 aromatic carbocycles. The molecule has 82 valence electrons. The second-order valence-corrected chi connectivity index (χ2v) is 5.57. The van der Waals surface area contributed by atoms with Gasteiger partial charge in [-0.15, -0.1) is 11.8 Å². The van der Waals surface area contributed by atoms with Crippen molar-refractivity contribution in [3.8, 4) is 0 Å². The zero-order valence-corrected chi connectivity index (χ0v) is 10.6. The molecule has 0 N–H and O–H groups in total. The first kappa shape index (κ1) is 12.4. The van der Waals surface area contributed by atoms with E-state index in [1.807, 2.05) is 11.8 Å². The van der Waals surface area contributed by atoms with Crippen LogP contribution in [0.2, 0.25) is 0 Å². The molecule has 1 rings (SSSR count). The molecule has 0 spiro atoms. The van der Waals surface area contributed by atoms with Gasteiger partial charge in [0.05, 0.1) is 0 Å². The molecule has 0 nitrogen and oxygen atoms in total. The minimum atomic E-state index is 0.665. The van der Waals surface area contributed by atoms with Gasteiger partial charge in [-0.3, -0.25) is 0 Å². The number of thioether (sulfide) groups is 1. The van der Waals surface area contributed by atoms with Crippen molar-refractivity contribution in [1.82, 2.24) is 0 Å². The summed E-state index contributed by atoms with van der Waals surface area (Å²) in [6.07, 6.45) is 9.72. The van der Waals surface area contributed by atoms with Crippen LogP contribution in [-0.4, -0.2) is 5.25 Å². The Morgan fingerprint density at radius 3 is 2.80 bits per heavy atom. The van der Waals surface area contributed by atoms with Crippen LogP contribution < -0.4 is 0 Å². The van der Waals surface area contributed by atoms with E-state index < -0.39 is 0 Å². The molecule has 0 aromatic rings. The molecule has 0 saturated carbocycles. The zero-order chi connectivity index (χ0) is 11.3. The van der Waals surface area contributed by atoms with Gasteiger partial charge in [0, 0.05) is 11.7 Å². The van der Waals surface area contributed by atoms with Gasteiger partial charge >= 0.3 is 0 Å².